The number of para-hydroxylation sites is 1. The van der Waals surface area contributed by atoms with Gasteiger partial charge in [0.15, 0.2) is 0 Å². The first kappa shape index (κ1) is 16.1. The molecule has 2 N–H and O–H groups in total. The molecule has 26 heavy (non-hydrogen) atoms. The highest BCUT2D eigenvalue weighted by molar-refractivity contribution is 7.22. The molecule has 1 amide bonds. The van der Waals surface area contributed by atoms with Gasteiger partial charge in [-0.2, -0.15) is 0 Å². The van der Waals surface area contributed by atoms with Crippen LogP contribution in [0.2, 0.25) is 0 Å². The number of fused-ring (bicyclic) bond motifs is 2. The summed E-state index contributed by atoms with van der Waals surface area (Å²) in [5.41, 5.74) is 5.94. The lowest BCUT2D eigenvalue weighted by Gasteiger charge is -2.05. The molecule has 7 nitrogen and oxygen atoms in total. The average Bonchev–Trinajstić information content (AvgIpc) is 3.08. The summed E-state index contributed by atoms with van der Waals surface area (Å²) >= 11 is 1.35. The summed E-state index contributed by atoms with van der Waals surface area (Å²) in [6.45, 7) is 0. The molecule has 4 rings (SSSR count). The summed E-state index contributed by atoms with van der Waals surface area (Å²) < 4.78 is 11.4. The fourth-order valence-corrected chi connectivity index (χ4v) is 3.35. The number of benzene rings is 2. The molecule has 0 spiro atoms. The number of amides is 1. The zero-order chi connectivity index (χ0) is 18.1. The number of thiazole rings is 1. The van der Waals surface area contributed by atoms with Gasteiger partial charge in [0.25, 0.3) is 5.91 Å². The summed E-state index contributed by atoms with van der Waals surface area (Å²) in [6, 6.07) is 12.3. The number of hydrogen-bond acceptors (Lipinski definition) is 7. The molecule has 4 aromatic rings. The second kappa shape index (κ2) is 6.49. The molecular weight excluding hydrogens is 354 g/mol. The van der Waals surface area contributed by atoms with Gasteiger partial charge in [-0.1, -0.05) is 23.5 Å². The van der Waals surface area contributed by atoms with Crippen molar-refractivity contribution >= 4 is 43.6 Å². The average molecular weight is 367 g/mol. The number of nitrogens with one attached hydrogen (secondary N) is 2. The molecule has 0 bridgehead atoms. The van der Waals surface area contributed by atoms with Crippen LogP contribution in [0.3, 0.4) is 0 Å². The van der Waals surface area contributed by atoms with E-state index in [1.165, 1.54) is 11.3 Å². The topological polar surface area (TPSA) is 93.5 Å². The maximum atomic E-state index is 12.4. The number of rotatable bonds is 4. The van der Waals surface area contributed by atoms with E-state index in [1.807, 2.05) is 18.2 Å². The number of ether oxygens (including phenoxy) is 1. The molecule has 2 heterocycles. The van der Waals surface area contributed by atoms with Gasteiger partial charge in [0, 0.05) is 0 Å². The Morgan fingerprint density at radius 1 is 1.23 bits per heavy atom. The molecule has 0 saturated carbocycles. The molecule has 0 radical (unpaired) electrons. The predicted octanol–water partition coefficient (Wildman–Crippen LogP) is 3.17. The molecule has 8 heteroatoms. The molecule has 0 aliphatic rings. The van der Waals surface area contributed by atoms with Crippen LogP contribution in [0.5, 0.6) is 5.75 Å². The standard InChI is InChI=1S/C18H13N3O4S/c1-24-10-6-7-13-15(8-10)26-18(19-13)21-20-17(23)12-9-25-14-5-3-2-4-11(14)16(12)22/h2-9H,1H3,(H,19,21)(H,20,23). The van der Waals surface area contributed by atoms with Crippen LogP contribution in [0.4, 0.5) is 5.13 Å². The number of carbonyl (C=O) groups excluding carboxylic acids is 1. The van der Waals surface area contributed by atoms with Crippen molar-refractivity contribution in [3.05, 3.63) is 64.5 Å². The van der Waals surface area contributed by atoms with Gasteiger partial charge in [-0.05, 0) is 30.3 Å². The molecule has 0 unspecified atom stereocenters. The number of carbonyl (C=O) groups is 1. The Balaban J connectivity index is 1.55. The highest BCUT2D eigenvalue weighted by Gasteiger charge is 2.14. The lowest BCUT2D eigenvalue weighted by Crippen LogP contribution is -2.32. The summed E-state index contributed by atoms with van der Waals surface area (Å²) in [5, 5.41) is 0.846. The molecule has 0 fully saturated rings. The second-order valence-electron chi connectivity index (χ2n) is 5.41. The van der Waals surface area contributed by atoms with Crippen LogP contribution >= 0.6 is 11.3 Å². The largest absolute Gasteiger partial charge is 0.497 e. The van der Waals surface area contributed by atoms with Crippen molar-refractivity contribution in [3.63, 3.8) is 0 Å². The Labute approximate surface area is 151 Å². The van der Waals surface area contributed by atoms with Crippen molar-refractivity contribution in [1.29, 1.82) is 0 Å². The Morgan fingerprint density at radius 2 is 2.08 bits per heavy atom. The second-order valence-corrected chi connectivity index (χ2v) is 6.44. The molecule has 0 atom stereocenters. The Hall–Kier alpha value is -3.39. The first-order chi connectivity index (χ1) is 12.7. The lowest BCUT2D eigenvalue weighted by molar-refractivity contribution is 0.0960. The van der Waals surface area contributed by atoms with E-state index < -0.39 is 5.91 Å². The van der Waals surface area contributed by atoms with Crippen LogP contribution < -0.4 is 21.0 Å². The van der Waals surface area contributed by atoms with E-state index in [9.17, 15) is 9.59 Å². The zero-order valence-electron chi connectivity index (χ0n) is 13.6. The van der Waals surface area contributed by atoms with Gasteiger partial charge < -0.3 is 9.15 Å². The first-order valence-electron chi connectivity index (χ1n) is 7.67. The smallest absolute Gasteiger partial charge is 0.276 e. The molecule has 0 aliphatic heterocycles. The number of aromatic nitrogens is 1. The van der Waals surface area contributed by atoms with E-state index in [2.05, 4.69) is 15.8 Å². The van der Waals surface area contributed by atoms with Crippen LogP contribution in [0.1, 0.15) is 10.4 Å². The van der Waals surface area contributed by atoms with Crippen LogP contribution in [0.25, 0.3) is 21.2 Å². The van der Waals surface area contributed by atoms with E-state index in [0.717, 1.165) is 22.2 Å². The summed E-state index contributed by atoms with van der Waals surface area (Å²) in [4.78, 5) is 29.1. The van der Waals surface area contributed by atoms with E-state index in [1.54, 1.807) is 31.4 Å². The van der Waals surface area contributed by atoms with Gasteiger partial charge in [-0.25, -0.2) is 4.98 Å². The summed E-state index contributed by atoms with van der Waals surface area (Å²) in [5.74, 6) is 0.131. The van der Waals surface area contributed by atoms with E-state index in [4.69, 9.17) is 9.15 Å². The Morgan fingerprint density at radius 3 is 2.92 bits per heavy atom. The van der Waals surface area contributed by atoms with E-state index in [0.29, 0.717) is 16.1 Å². The molecule has 2 aromatic carbocycles. The number of nitrogens with zero attached hydrogens (tertiary/aromatic N) is 1. The summed E-state index contributed by atoms with van der Waals surface area (Å²) in [7, 11) is 1.59. The van der Waals surface area contributed by atoms with Crippen molar-refractivity contribution < 1.29 is 13.9 Å². The van der Waals surface area contributed by atoms with E-state index in [-0.39, 0.29) is 11.0 Å². The van der Waals surface area contributed by atoms with Crippen molar-refractivity contribution in [2.24, 2.45) is 0 Å². The van der Waals surface area contributed by atoms with Gasteiger partial charge in [0.05, 0.1) is 22.7 Å². The van der Waals surface area contributed by atoms with Crippen LogP contribution in [-0.4, -0.2) is 18.0 Å². The number of anilines is 1. The van der Waals surface area contributed by atoms with Gasteiger partial charge in [-0.3, -0.25) is 20.4 Å². The third kappa shape index (κ3) is 2.86. The fraction of sp³-hybridized carbons (Fsp3) is 0.0556. The van der Waals surface area contributed by atoms with Crippen molar-refractivity contribution in [2.75, 3.05) is 12.5 Å². The Kier molecular flexibility index (Phi) is 4.02. The number of hydrogen-bond donors (Lipinski definition) is 2. The van der Waals surface area contributed by atoms with Gasteiger partial charge >= 0.3 is 0 Å². The minimum atomic E-state index is -0.596. The van der Waals surface area contributed by atoms with Crippen LogP contribution in [-0.2, 0) is 0 Å². The summed E-state index contributed by atoms with van der Waals surface area (Å²) in [6.07, 6.45) is 1.16. The monoisotopic (exact) mass is 367 g/mol. The fourth-order valence-electron chi connectivity index (χ4n) is 2.50. The van der Waals surface area contributed by atoms with Crippen LogP contribution in [0.15, 0.2) is 57.9 Å². The maximum Gasteiger partial charge on any atom is 0.276 e. The third-order valence-corrected chi connectivity index (χ3v) is 4.74. The minimum absolute atomic E-state index is 0.0843. The first-order valence-corrected chi connectivity index (χ1v) is 8.49. The molecule has 2 aromatic heterocycles. The number of hydrazine groups is 1. The molecule has 0 saturated heterocycles. The lowest BCUT2D eigenvalue weighted by atomic mass is 10.2. The molecule has 0 aliphatic carbocycles. The zero-order valence-corrected chi connectivity index (χ0v) is 14.4. The minimum Gasteiger partial charge on any atom is -0.497 e. The van der Waals surface area contributed by atoms with Crippen LogP contribution in [0, 0.1) is 0 Å². The highest BCUT2D eigenvalue weighted by Crippen LogP contribution is 2.28. The van der Waals surface area contributed by atoms with Gasteiger partial charge in [0.1, 0.15) is 23.2 Å². The number of methoxy groups -OCH3 is 1. The normalized spacial score (nSPS) is 10.8. The maximum absolute atomic E-state index is 12.4. The van der Waals surface area contributed by atoms with Crippen molar-refractivity contribution in [3.8, 4) is 5.75 Å². The third-order valence-electron chi connectivity index (χ3n) is 3.80. The quantitative estimate of drug-likeness (QED) is 0.538. The predicted molar refractivity (Wildman–Crippen MR) is 99.7 cm³/mol. The van der Waals surface area contributed by atoms with E-state index >= 15 is 0 Å². The van der Waals surface area contributed by atoms with Crippen molar-refractivity contribution in [1.82, 2.24) is 10.4 Å². The highest BCUT2D eigenvalue weighted by atomic mass is 32.1. The van der Waals surface area contributed by atoms with Gasteiger partial charge in [-0.15, -0.1) is 0 Å². The Bertz CT molecular complexity index is 1180. The SMILES string of the molecule is COc1ccc2nc(NNC(=O)c3coc4ccccc4c3=O)sc2c1. The van der Waals surface area contributed by atoms with Crippen molar-refractivity contribution in [2.45, 2.75) is 0 Å². The molecular formula is C18H13N3O4S. The van der Waals surface area contributed by atoms with Gasteiger partial charge in [0.2, 0.25) is 10.6 Å². The molecule has 130 valence electrons.